The third-order valence-electron chi connectivity index (χ3n) is 4.63. The summed E-state index contributed by atoms with van der Waals surface area (Å²) in [7, 11) is 0. The summed E-state index contributed by atoms with van der Waals surface area (Å²) >= 11 is 0. The molecule has 0 radical (unpaired) electrons. The minimum Gasteiger partial charge on any atom is -0.483 e. The Morgan fingerprint density at radius 1 is 1.19 bits per heavy atom. The normalized spacial score (nSPS) is 14.1. The average Bonchev–Trinajstić information content (AvgIpc) is 3.07. The molecule has 31 heavy (non-hydrogen) atoms. The molecule has 3 rings (SSSR count). The molecule has 1 atom stereocenters. The number of hydrogen-bond acceptors (Lipinski definition) is 5. The van der Waals surface area contributed by atoms with Crippen molar-refractivity contribution in [2.75, 3.05) is 6.61 Å². The van der Waals surface area contributed by atoms with Crippen LogP contribution < -0.4 is 9.47 Å². The van der Waals surface area contributed by atoms with Crippen LogP contribution in [0.4, 0.5) is 22.0 Å². The van der Waals surface area contributed by atoms with Crippen molar-refractivity contribution in [3.05, 3.63) is 47.0 Å². The predicted octanol–water partition coefficient (Wildman–Crippen LogP) is 4.57. The van der Waals surface area contributed by atoms with Crippen molar-refractivity contribution in [1.29, 1.82) is 0 Å². The van der Waals surface area contributed by atoms with Crippen molar-refractivity contribution in [2.45, 2.75) is 45.6 Å². The maximum atomic E-state index is 12.6. The molecule has 6 nitrogen and oxygen atoms in total. The molecule has 0 aliphatic heterocycles. The number of aliphatic hydroxyl groups is 1. The third-order valence-corrected chi connectivity index (χ3v) is 4.63. The summed E-state index contributed by atoms with van der Waals surface area (Å²) in [6.07, 6.45) is -3.20. The highest BCUT2D eigenvalue weighted by Crippen LogP contribution is 2.32. The zero-order valence-electron chi connectivity index (χ0n) is 16.8. The van der Waals surface area contributed by atoms with E-state index in [4.69, 9.17) is 4.74 Å². The molecule has 0 saturated carbocycles. The summed E-state index contributed by atoms with van der Waals surface area (Å²) in [5.41, 5.74) is 0.330. The van der Waals surface area contributed by atoms with Crippen LogP contribution >= 0.6 is 0 Å². The number of nitrogens with one attached hydrogen (secondary N) is 1. The standard InChI is InChI=1S/C20H20F5N3O3/c1-10-8-26-15(11(2)16(10)30-9-20(23,24)25)7-19(3,29)17-27-13-5-4-12(31-18(21)22)6-14(13)28-17/h4-6,8,18,29H,7,9H2,1-3H3,(H,27,28). The Kier molecular flexibility index (Phi) is 6.08. The largest absolute Gasteiger partial charge is 0.483 e. The number of H-pyrrole nitrogens is 1. The van der Waals surface area contributed by atoms with E-state index in [-0.39, 0.29) is 23.7 Å². The number of halogens is 5. The first kappa shape index (κ1) is 22.7. The lowest BCUT2D eigenvalue weighted by Gasteiger charge is -2.23. The molecule has 1 aromatic carbocycles. The maximum Gasteiger partial charge on any atom is 0.422 e. The van der Waals surface area contributed by atoms with Gasteiger partial charge < -0.3 is 19.6 Å². The van der Waals surface area contributed by atoms with Gasteiger partial charge in [0.25, 0.3) is 0 Å². The van der Waals surface area contributed by atoms with Crippen LogP contribution in [-0.4, -0.2) is 39.5 Å². The van der Waals surface area contributed by atoms with Crippen LogP contribution in [0.1, 0.15) is 29.6 Å². The maximum absolute atomic E-state index is 12.6. The fraction of sp³-hybridized carbons (Fsp3) is 0.400. The van der Waals surface area contributed by atoms with Crippen LogP contribution in [0.5, 0.6) is 11.5 Å². The van der Waals surface area contributed by atoms with E-state index >= 15 is 0 Å². The van der Waals surface area contributed by atoms with Gasteiger partial charge in [-0.1, -0.05) is 0 Å². The van der Waals surface area contributed by atoms with Crippen LogP contribution in [0.2, 0.25) is 0 Å². The topological polar surface area (TPSA) is 80.3 Å². The number of imidazole rings is 1. The van der Waals surface area contributed by atoms with Crippen LogP contribution in [0.15, 0.2) is 24.4 Å². The summed E-state index contributed by atoms with van der Waals surface area (Å²) < 4.78 is 71.8. The minimum atomic E-state index is -4.49. The molecule has 0 spiro atoms. The lowest BCUT2D eigenvalue weighted by Crippen LogP contribution is -2.27. The Balaban J connectivity index is 1.87. The van der Waals surface area contributed by atoms with Crippen LogP contribution in [0.3, 0.4) is 0 Å². The second kappa shape index (κ2) is 8.29. The number of fused-ring (bicyclic) bond motifs is 1. The summed E-state index contributed by atoms with van der Waals surface area (Å²) in [6.45, 7) is 0.169. The molecule has 0 amide bonds. The molecular formula is C20H20F5N3O3. The van der Waals surface area contributed by atoms with Gasteiger partial charge >= 0.3 is 12.8 Å². The van der Waals surface area contributed by atoms with Gasteiger partial charge in [0, 0.05) is 29.8 Å². The van der Waals surface area contributed by atoms with Crippen molar-refractivity contribution in [3.63, 3.8) is 0 Å². The summed E-state index contributed by atoms with van der Waals surface area (Å²) in [6, 6.07) is 4.11. The van der Waals surface area contributed by atoms with Gasteiger partial charge in [0.1, 0.15) is 22.9 Å². The molecular weight excluding hydrogens is 425 g/mol. The van der Waals surface area contributed by atoms with Crippen molar-refractivity contribution >= 4 is 11.0 Å². The molecule has 11 heteroatoms. The molecule has 0 aliphatic carbocycles. The molecule has 2 N–H and O–H groups in total. The number of aromatic nitrogens is 3. The van der Waals surface area contributed by atoms with Crippen LogP contribution in [-0.2, 0) is 12.0 Å². The smallest absolute Gasteiger partial charge is 0.422 e. The Morgan fingerprint density at radius 3 is 2.55 bits per heavy atom. The lowest BCUT2D eigenvalue weighted by atomic mass is 9.96. The average molecular weight is 445 g/mol. The Hall–Kier alpha value is -2.95. The fourth-order valence-electron chi connectivity index (χ4n) is 3.14. The van der Waals surface area contributed by atoms with Gasteiger partial charge in [0.05, 0.1) is 16.7 Å². The number of benzene rings is 1. The monoisotopic (exact) mass is 445 g/mol. The lowest BCUT2D eigenvalue weighted by molar-refractivity contribution is -0.153. The number of aromatic amines is 1. The van der Waals surface area contributed by atoms with E-state index in [2.05, 4.69) is 19.7 Å². The van der Waals surface area contributed by atoms with Gasteiger partial charge in [-0.15, -0.1) is 0 Å². The molecule has 2 aromatic heterocycles. The van der Waals surface area contributed by atoms with Crippen LogP contribution in [0, 0.1) is 13.8 Å². The molecule has 0 bridgehead atoms. The zero-order chi connectivity index (χ0) is 23.0. The number of hydrogen-bond donors (Lipinski definition) is 2. The van der Waals surface area contributed by atoms with Crippen molar-refractivity contribution < 1.29 is 36.5 Å². The molecule has 3 aromatic rings. The van der Waals surface area contributed by atoms with Crippen LogP contribution in [0.25, 0.3) is 11.0 Å². The van der Waals surface area contributed by atoms with Gasteiger partial charge in [-0.05, 0) is 32.9 Å². The number of rotatable bonds is 7. The second-order valence-electron chi connectivity index (χ2n) is 7.34. The third kappa shape index (κ3) is 5.40. The van der Waals surface area contributed by atoms with Gasteiger partial charge in [-0.25, -0.2) is 4.98 Å². The number of aryl methyl sites for hydroxylation is 1. The minimum absolute atomic E-state index is 0.0523. The molecule has 168 valence electrons. The first-order chi connectivity index (χ1) is 14.4. The highest BCUT2D eigenvalue weighted by Gasteiger charge is 2.31. The predicted molar refractivity (Wildman–Crippen MR) is 101 cm³/mol. The highest BCUT2D eigenvalue weighted by atomic mass is 19.4. The van der Waals surface area contributed by atoms with Gasteiger partial charge in [-0.3, -0.25) is 4.98 Å². The molecule has 0 aliphatic rings. The molecule has 1 unspecified atom stereocenters. The van der Waals surface area contributed by atoms with E-state index in [0.29, 0.717) is 27.9 Å². The Morgan fingerprint density at radius 2 is 1.90 bits per heavy atom. The Labute approximate surface area is 174 Å². The summed E-state index contributed by atoms with van der Waals surface area (Å²) in [5, 5.41) is 11.0. The quantitative estimate of drug-likeness (QED) is 0.521. The van der Waals surface area contributed by atoms with E-state index in [1.807, 2.05) is 0 Å². The van der Waals surface area contributed by atoms with Gasteiger partial charge in [0.15, 0.2) is 6.61 Å². The van der Waals surface area contributed by atoms with Crippen molar-refractivity contribution in [1.82, 2.24) is 15.0 Å². The van der Waals surface area contributed by atoms with E-state index in [9.17, 15) is 27.1 Å². The first-order valence-electron chi connectivity index (χ1n) is 9.18. The van der Waals surface area contributed by atoms with Gasteiger partial charge in [-0.2, -0.15) is 22.0 Å². The SMILES string of the molecule is Cc1cnc(CC(C)(O)c2nc3ccc(OC(F)F)cc3[nH]2)c(C)c1OCC(F)(F)F. The first-order valence-corrected chi connectivity index (χ1v) is 9.18. The fourth-order valence-corrected chi connectivity index (χ4v) is 3.14. The number of alkyl halides is 5. The number of nitrogens with zero attached hydrogens (tertiary/aromatic N) is 2. The van der Waals surface area contributed by atoms with E-state index in [1.165, 1.54) is 31.3 Å². The van der Waals surface area contributed by atoms with Crippen molar-refractivity contribution in [2.24, 2.45) is 0 Å². The van der Waals surface area contributed by atoms with Crippen molar-refractivity contribution in [3.8, 4) is 11.5 Å². The van der Waals surface area contributed by atoms with E-state index in [1.54, 1.807) is 13.8 Å². The van der Waals surface area contributed by atoms with E-state index < -0.39 is 25.0 Å². The zero-order valence-corrected chi connectivity index (χ0v) is 16.8. The highest BCUT2D eigenvalue weighted by molar-refractivity contribution is 5.77. The molecule has 0 saturated heterocycles. The molecule has 0 fully saturated rings. The Bertz CT molecular complexity index is 1080. The van der Waals surface area contributed by atoms with Gasteiger partial charge in [0.2, 0.25) is 0 Å². The summed E-state index contributed by atoms with van der Waals surface area (Å²) in [5.74, 6) is 0.118. The number of ether oxygens (including phenoxy) is 2. The van der Waals surface area contributed by atoms with E-state index in [0.717, 1.165) is 0 Å². The second-order valence-corrected chi connectivity index (χ2v) is 7.34. The number of pyridine rings is 1. The molecule has 2 heterocycles. The summed E-state index contributed by atoms with van der Waals surface area (Å²) in [4.78, 5) is 11.4.